The van der Waals surface area contributed by atoms with E-state index in [9.17, 15) is 18.5 Å². The topological polar surface area (TPSA) is 102 Å². The second kappa shape index (κ2) is 6.09. The molecule has 0 amide bonds. The predicted octanol–water partition coefficient (Wildman–Crippen LogP) is 0.682. The molecule has 18 heavy (non-hydrogen) atoms. The van der Waals surface area contributed by atoms with Gasteiger partial charge >= 0.3 is 5.82 Å². The SMILES string of the molecule is CC#CCCNS(=O)(=O)c1ccc([N+](=O)[O-])nc1. The van der Waals surface area contributed by atoms with Gasteiger partial charge in [-0.25, -0.2) is 13.1 Å². The number of hydrogen-bond acceptors (Lipinski definition) is 5. The van der Waals surface area contributed by atoms with E-state index in [0.29, 0.717) is 6.42 Å². The summed E-state index contributed by atoms with van der Waals surface area (Å²) in [4.78, 5) is 13.0. The number of rotatable bonds is 5. The van der Waals surface area contributed by atoms with E-state index in [0.717, 1.165) is 18.3 Å². The number of hydrogen-bond donors (Lipinski definition) is 1. The molecular formula is C10H11N3O4S. The number of sulfonamides is 1. The maximum Gasteiger partial charge on any atom is 0.363 e. The summed E-state index contributed by atoms with van der Waals surface area (Å²) in [5, 5.41) is 10.4. The van der Waals surface area contributed by atoms with E-state index in [1.807, 2.05) is 0 Å². The number of aromatic nitrogens is 1. The molecule has 0 radical (unpaired) electrons. The molecule has 0 fully saturated rings. The van der Waals surface area contributed by atoms with E-state index < -0.39 is 20.8 Å². The first-order valence-corrected chi connectivity index (χ1v) is 6.45. The van der Waals surface area contributed by atoms with E-state index in [1.54, 1.807) is 6.92 Å². The number of nitro groups is 1. The van der Waals surface area contributed by atoms with E-state index in [1.165, 1.54) is 0 Å². The molecule has 0 aromatic carbocycles. The van der Waals surface area contributed by atoms with Crippen LogP contribution in [0.2, 0.25) is 0 Å². The molecule has 0 saturated carbocycles. The molecule has 1 aromatic rings. The van der Waals surface area contributed by atoms with E-state index in [2.05, 4.69) is 21.5 Å². The van der Waals surface area contributed by atoms with Crippen LogP contribution in [0.4, 0.5) is 5.82 Å². The fraction of sp³-hybridized carbons (Fsp3) is 0.300. The Balaban J connectivity index is 2.78. The van der Waals surface area contributed by atoms with Crippen molar-refractivity contribution in [3.8, 4) is 11.8 Å². The maximum absolute atomic E-state index is 11.7. The minimum absolute atomic E-state index is 0.113. The summed E-state index contributed by atoms with van der Waals surface area (Å²) in [6.07, 6.45) is 1.35. The van der Waals surface area contributed by atoms with Gasteiger partial charge in [0.2, 0.25) is 10.0 Å². The van der Waals surface area contributed by atoms with Gasteiger partial charge in [0.25, 0.3) is 0 Å². The van der Waals surface area contributed by atoms with Crippen LogP contribution in [0, 0.1) is 22.0 Å². The summed E-state index contributed by atoms with van der Waals surface area (Å²) in [6.45, 7) is 1.84. The molecule has 1 heterocycles. The highest BCUT2D eigenvalue weighted by Crippen LogP contribution is 2.11. The Morgan fingerprint density at radius 3 is 2.72 bits per heavy atom. The van der Waals surface area contributed by atoms with Crippen molar-refractivity contribution in [2.75, 3.05) is 6.54 Å². The van der Waals surface area contributed by atoms with Crippen molar-refractivity contribution in [2.45, 2.75) is 18.2 Å². The van der Waals surface area contributed by atoms with Crippen molar-refractivity contribution in [2.24, 2.45) is 0 Å². The van der Waals surface area contributed by atoms with E-state index in [4.69, 9.17) is 0 Å². The second-order valence-corrected chi connectivity index (χ2v) is 4.95. The molecule has 0 aliphatic carbocycles. The average molecular weight is 269 g/mol. The Hall–Kier alpha value is -1.98. The summed E-state index contributed by atoms with van der Waals surface area (Å²) in [5.41, 5.74) is 0. The Morgan fingerprint density at radius 1 is 1.50 bits per heavy atom. The van der Waals surface area contributed by atoms with Gasteiger partial charge in [0.1, 0.15) is 4.90 Å². The first-order chi connectivity index (χ1) is 8.47. The van der Waals surface area contributed by atoms with Crippen molar-refractivity contribution >= 4 is 15.8 Å². The average Bonchev–Trinajstić information content (AvgIpc) is 2.35. The maximum atomic E-state index is 11.7. The van der Waals surface area contributed by atoms with Gasteiger partial charge in [0.15, 0.2) is 6.20 Å². The lowest BCUT2D eigenvalue weighted by atomic mass is 10.4. The van der Waals surface area contributed by atoms with E-state index >= 15 is 0 Å². The van der Waals surface area contributed by atoms with Gasteiger partial charge in [-0.15, -0.1) is 11.8 Å². The Labute approximate surface area is 104 Å². The summed E-state index contributed by atoms with van der Waals surface area (Å²) in [6, 6.07) is 2.18. The zero-order valence-corrected chi connectivity index (χ0v) is 10.4. The fourth-order valence-electron chi connectivity index (χ4n) is 1.10. The molecule has 96 valence electrons. The highest BCUT2D eigenvalue weighted by Gasteiger charge is 2.17. The molecule has 0 atom stereocenters. The van der Waals surface area contributed by atoms with Gasteiger partial charge in [-0.1, -0.05) is 0 Å². The van der Waals surface area contributed by atoms with Gasteiger partial charge in [0, 0.05) is 19.0 Å². The van der Waals surface area contributed by atoms with Crippen LogP contribution in [0.5, 0.6) is 0 Å². The van der Waals surface area contributed by atoms with Gasteiger partial charge in [-0.3, -0.25) is 0 Å². The first-order valence-electron chi connectivity index (χ1n) is 4.97. The normalized spacial score (nSPS) is 10.5. The van der Waals surface area contributed by atoms with Crippen molar-refractivity contribution in [3.05, 3.63) is 28.4 Å². The molecule has 1 N–H and O–H groups in total. The van der Waals surface area contributed by atoms with Crippen LogP contribution in [0.3, 0.4) is 0 Å². The van der Waals surface area contributed by atoms with Crippen molar-refractivity contribution in [1.29, 1.82) is 0 Å². The zero-order chi connectivity index (χ0) is 13.6. The van der Waals surface area contributed by atoms with Crippen LogP contribution in [-0.4, -0.2) is 24.9 Å². The van der Waals surface area contributed by atoms with E-state index in [-0.39, 0.29) is 11.4 Å². The third kappa shape index (κ3) is 3.80. The quantitative estimate of drug-likeness (QED) is 0.366. The Morgan fingerprint density at radius 2 is 2.22 bits per heavy atom. The number of pyridine rings is 1. The lowest BCUT2D eigenvalue weighted by Crippen LogP contribution is -2.24. The molecule has 1 aromatic heterocycles. The third-order valence-corrected chi connectivity index (χ3v) is 3.38. The molecule has 8 heteroatoms. The minimum atomic E-state index is -3.69. The summed E-state index contributed by atoms with van der Waals surface area (Å²) in [7, 11) is -3.69. The number of nitrogens with zero attached hydrogens (tertiary/aromatic N) is 2. The molecule has 0 spiro atoms. The second-order valence-electron chi connectivity index (χ2n) is 3.18. The molecule has 0 saturated heterocycles. The molecule has 7 nitrogen and oxygen atoms in total. The summed E-state index contributed by atoms with van der Waals surface area (Å²) < 4.78 is 25.7. The van der Waals surface area contributed by atoms with Gasteiger partial charge in [-0.2, -0.15) is 0 Å². The van der Waals surface area contributed by atoms with Crippen molar-refractivity contribution in [1.82, 2.24) is 9.71 Å². The standard InChI is InChI=1S/C10H11N3O4S/c1-2-3-4-7-12-18(16,17)9-5-6-10(11-8-9)13(14)15/h5-6,8,12H,4,7H2,1H3. The highest BCUT2D eigenvalue weighted by atomic mass is 32.2. The monoisotopic (exact) mass is 269 g/mol. The van der Waals surface area contributed by atoms with Crippen LogP contribution in [0.15, 0.2) is 23.2 Å². The van der Waals surface area contributed by atoms with Crippen LogP contribution in [-0.2, 0) is 10.0 Å². The van der Waals surface area contributed by atoms with Crippen molar-refractivity contribution < 1.29 is 13.3 Å². The zero-order valence-electron chi connectivity index (χ0n) is 9.58. The van der Waals surface area contributed by atoms with Crippen molar-refractivity contribution in [3.63, 3.8) is 0 Å². The largest absolute Gasteiger partial charge is 0.363 e. The van der Waals surface area contributed by atoms with Crippen LogP contribution in [0.1, 0.15) is 13.3 Å². The molecule has 1 rings (SSSR count). The first kappa shape index (κ1) is 14.1. The summed E-state index contributed by atoms with van der Waals surface area (Å²) in [5.74, 6) is 4.96. The smallest absolute Gasteiger partial charge is 0.358 e. The molecule has 0 aliphatic heterocycles. The van der Waals surface area contributed by atoms with Crippen LogP contribution < -0.4 is 4.72 Å². The lowest BCUT2D eigenvalue weighted by molar-refractivity contribution is -0.389. The molecule has 0 bridgehead atoms. The Bertz CT molecular complexity index is 584. The van der Waals surface area contributed by atoms with Gasteiger partial charge in [-0.05, 0) is 22.9 Å². The Kier molecular flexibility index (Phi) is 4.76. The molecular weight excluding hydrogens is 258 g/mol. The van der Waals surface area contributed by atoms with Gasteiger partial charge in [0.05, 0.1) is 0 Å². The number of nitrogens with one attached hydrogen (secondary N) is 1. The highest BCUT2D eigenvalue weighted by molar-refractivity contribution is 7.89. The van der Waals surface area contributed by atoms with Crippen LogP contribution in [0.25, 0.3) is 0 Å². The minimum Gasteiger partial charge on any atom is -0.358 e. The fourth-order valence-corrected chi connectivity index (χ4v) is 2.07. The summed E-state index contributed by atoms with van der Waals surface area (Å²) >= 11 is 0. The third-order valence-electron chi connectivity index (χ3n) is 1.94. The molecule has 0 aliphatic rings. The van der Waals surface area contributed by atoms with Gasteiger partial charge < -0.3 is 10.1 Å². The van der Waals surface area contributed by atoms with Crippen LogP contribution >= 0.6 is 0 Å². The molecule has 0 unspecified atom stereocenters. The lowest BCUT2D eigenvalue weighted by Gasteiger charge is -2.02. The predicted molar refractivity (Wildman–Crippen MR) is 64.1 cm³/mol.